The second-order valence-electron chi connectivity index (χ2n) is 3.30. The van der Waals surface area contributed by atoms with Gasteiger partial charge in [-0.1, -0.05) is 0 Å². The topological polar surface area (TPSA) is 105 Å². The molecule has 0 aromatic heterocycles. The first-order valence-corrected chi connectivity index (χ1v) is 4.37. The van der Waals surface area contributed by atoms with Crippen molar-refractivity contribution in [3.8, 4) is 12.1 Å². The molecule has 0 aliphatic heterocycles. The van der Waals surface area contributed by atoms with Crippen LogP contribution in [0.3, 0.4) is 0 Å². The molecule has 1 rings (SSSR count). The summed E-state index contributed by atoms with van der Waals surface area (Å²) in [5.74, 6) is -2.60. The van der Waals surface area contributed by atoms with Gasteiger partial charge in [-0.25, -0.2) is 0 Å². The van der Waals surface area contributed by atoms with Gasteiger partial charge in [-0.05, 0) is 6.42 Å². The zero-order chi connectivity index (χ0) is 11.4. The van der Waals surface area contributed by atoms with Crippen LogP contribution in [0, 0.1) is 34.5 Å². The maximum absolute atomic E-state index is 11.6. The smallest absolute Gasteiger partial charge is 0.307 e. The SMILES string of the molecule is N#CCN(CC#N)C(=O)[C@@H]1C[C@@H]1C(=O)O. The van der Waals surface area contributed by atoms with Crippen LogP contribution in [0.25, 0.3) is 0 Å². The fourth-order valence-corrected chi connectivity index (χ4v) is 1.36. The number of carboxylic acids is 1. The number of hydrogen-bond donors (Lipinski definition) is 1. The van der Waals surface area contributed by atoms with Crippen molar-refractivity contribution in [2.24, 2.45) is 11.8 Å². The molecule has 0 aromatic rings. The lowest BCUT2D eigenvalue weighted by Crippen LogP contribution is -2.33. The van der Waals surface area contributed by atoms with Crippen LogP contribution in [0.1, 0.15) is 6.42 Å². The summed E-state index contributed by atoms with van der Waals surface area (Å²) in [6.07, 6.45) is 0.307. The van der Waals surface area contributed by atoms with Crippen LogP contribution in [0.5, 0.6) is 0 Å². The van der Waals surface area contributed by atoms with E-state index < -0.39 is 23.7 Å². The minimum absolute atomic E-state index is 0.171. The number of carbonyl (C=O) groups is 2. The zero-order valence-electron chi connectivity index (χ0n) is 7.88. The van der Waals surface area contributed by atoms with Gasteiger partial charge >= 0.3 is 5.97 Å². The van der Waals surface area contributed by atoms with Crippen molar-refractivity contribution in [3.63, 3.8) is 0 Å². The van der Waals surface area contributed by atoms with Gasteiger partial charge in [-0.3, -0.25) is 9.59 Å². The minimum atomic E-state index is -0.998. The second-order valence-corrected chi connectivity index (χ2v) is 3.30. The molecule has 0 bridgehead atoms. The molecule has 6 nitrogen and oxygen atoms in total. The molecule has 1 aliphatic carbocycles. The molecular weight excluding hydrogens is 198 g/mol. The fraction of sp³-hybridized carbons (Fsp3) is 0.556. The van der Waals surface area contributed by atoms with Crippen molar-refractivity contribution < 1.29 is 14.7 Å². The third-order valence-electron chi connectivity index (χ3n) is 2.26. The number of nitrogens with zero attached hydrogens (tertiary/aromatic N) is 3. The van der Waals surface area contributed by atoms with Crippen LogP contribution in [0.4, 0.5) is 0 Å². The maximum Gasteiger partial charge on any atom is 0.307 e. The van der Waals surface area contributed by atoms with Crippen molar-refractivity contribution >= 4 is 11.9 Å². The van der Waals surface area contributed by atoms with Crippen molar-refractivity contribution in [3.05, 3.63) is 0 Å². The van der Waals surface area contributed by atoms with Crippen LogP contribution in [-0.4, -0.2) is 35.0 Å². The standard InChI is InChI=1S/C9H9N3O3/c10-1-3-12(4-2-11)8(13)6-5-7(6)9(14)15/h6-7H,3-5H2,(H,14,15)/t6-,7+/m1/s1. The monoisotopic (exact) mass is 207 g/mol. The van der Waals surface area contributed by atoms with E-state index in [-0.39, 0.29) is 13.1 Å². The third-order valence-corrected chi connectivity index (χ3v) is 2.26. The lowest BCUT2D eigenvalue weighted by atomic mass is 10.2. The molecule has 1 aliphatic rings. The Morgan fingerprint density at radius 2 is 1.80 bits per heavy atom. The Morgan fingerprint density at radius 3 is 2.13 bits per heavy atom. The molecule has 0 radical (unpaired) electrons. The summed E-state index contributed by atoms with van der Waals surface area (Å²) in [6.45, 7) is -0.343. The molecule has 78 valence electrons. The number of nitriles is 2. The third kappa shape index (κ3) is 2.44. The number of amides is 1. The average Bonchev–Trinajstić information content (AvgIpc) is 2.96. The number of hydrogen-bond acceptors (Lipinski definition) is 4. The Hall–Kier alpha value is -2.08. The Balaban J connectivity index is 2.56. The van der Waals surface area contributed by atoms with Crippen LogP contribution in [0.2, 0.25) is 0 Å². The Kier molecular flexibility index (Phi) is 3.25. The van der Waals surface area contributed by atoms with Crippen molar-refractivity contribution in [2.45, 2.75) is 6.42 Å². The quantitative estimate of drug-likeness (QED) is 0.630. The van der Waals surface area contributed by atoms with E-state index in [1.807, 2.05) is 0 Å². The molecular formula is C9H9N3O3. The number of carbonyl (C=O) groups excluding carboxylic acids is 1. The van der Waals surface area contributed by atoms with E-state index in [1.165, 1.54) is 0 Å². The van der Waals surface area contributed by atoms with Crippen molar-refractivity contribution in [1.29, 1.82) is 10.5 Å². The normalized spacial score (nSPS) is 22.3. The summed E-state index contributed by atoms with van der Waals surface area (Å²) >= 11 is 0. The van der Waals surface area contributed by atoms with Crippen LogP contribution in [-0.2, 0) is 9.59 Å². The molecule has 6 heteroatoms. The lowest BCUT2D eigenvalue weighted by molar-refractivity contribution is -0.141. The van der Waals surface area contributed by atoms with Crippen LogP contribution >= 0.6 is 0 Å². The van der Waals surface area contributed by atoms with Gasteiger partial charge in [0.25, 0.3) is 0 Å². The Labute approximate surface area is 86.3 Å². The van der Waals surface area contributed by atoms with E-state index in [2.05, 4.69) is 0 Å². The first-order valence-electron chi connectivity index (χ1n) is 4.37. The predicted octanol–water partition coefficient (Wildman–Crippen LogP) is -0.417. The number of carboxylic acid groups (broad SMARTS) is 1. The minimum Gasteiger partial charge on any atom is -0.481 e. The molecule has 0 unspecified atom stereocenters. The Bertz CT molecular complexity index is 350. The highest BCUT2D eigenvalue weighted by Gasteiger charge is 2.49. The molecule has 15 heavy (non-hydrogen) atoms. The number of aliphatic carboxylic acids is 1. The molecule has 0 spiro atoms. The highest BCUT2D eigenvalue weighted by molar-refractivity contribution is 5.89. The summed E-state index contributed by atoms with van der Waals surface area (Å²) in [5.41, 5.74) is 0. The van der Waals surface area contributed by atoms with E-state index in [9.17, 15) is 9.59 Å². The average molecular weight is 207 g/mol. The first kappa shape index (κ1) is 11.0. The summed E-state index contributed by atoms with van der Waals surface area (Å²) in [7, 11) is 0. The van der Waals surface area contributed by atoms with E-state index in [4.69, 9.17) is 15.6 Å². The summed E-state index contributed by atoms with van der Waals surface area (Å²) in [5, 5.41) is 25.5. The molecule has 1 saturated carbocycles. The molecule has 1 N–H and O–H groups in total. The van der Waals surface area contributed by atoms with Crippen molar-refractivity contribution in [1.82, 2.24) is 4.90 Å². The van der Waals surface area contributed by atoms with Gasteiger partial charge in [0, 0.05) is 0 Å². The van der Waals surface area contributed by atoms with E-state index in [0.29, 0.717) is 6.42 Å². The summed E-state index contributed by atoms with van der Waals surface area (Å²) in [4.78, 5) is 23.2. The summed E-state index contributed by atoms with van der Waals surface area (Å²) < 4.78 is 0. The lowest BCUT2D eigenvalue weighted by Gasteiger charge is -2.14. The highest BCUT2D eigenvalue weighted by atomic mass is 16.4. The molecule has 0 saturated heterocycles. The second kappa shape index (κ2) is 4.43. The first-order chi connectivity index (χ1) is 7.11. The predicted molar refractivity (Wildman–Crippen MR) is 47.0 cm³/mol. The van der Waals surface area contributed by atoms with Gasteiger partial charge in [0.05, 0.1) is 24.0 Å². The van der Waals surface area contributed by atoms with Crippen LogP contribution in [0.15, 0.2) is 0 Å². The van der Waals surface area contributed by atoms with Crippen molar-refractivity contribution in [2.75, 3.05) is 13.1 Å². The molecule has 0 aromatic carbocycles. The Morgan fingerprint density at radius 1 is 1.27 bits per heavy atom. The van der Waals surface area contributed by atoms with Gasteiger partial charge in [-0.15, -0.1) is 0 Å². The van der Waals surface area contributed by atoms with E-state index in [0.717, 1.165) is 4.90 Å². The highest BCUT2D eigenvalue weighted by Crippen LogP contribution is 2.39. The van der Waals surface area contributed by atoms with E-state index in [1.54, 1.807) is 12.1 Å². The van der Waals surface area contributed by atoms with Gasteiger partial charge in [-0.2, -0.15) is 10.5 Å². The van der Waals surface area contributed by atoms with Gasteiger partial charge in [0.2, 0.25) is 5.91 Å². The maximum atomic E-state index is 11.6. The molecule has 0 heterocycles. The van der Waals surface area contributed by atoms with Gasteiger partial charge in [0.1, 0.15) is 13.1 Å². The van der Waals surface area contributed by atoms with Gasteiger partial charge in [0.15, 0.2) is 0 Å². The largest absolute Gasteiger partial charge is 0.481 e. The molecule has 1 amide bonds. The van der Waals surface area contributed by atoms with E-state index >= 15 is 0 Å². The van der Waals surface area contributed by atoms with Crippen LogP contribution < -0.4 is 0 Å². The fourth-order valence-electron chi connectivity index (χ4n) is 1.36. The molecule has 1 fully saturated rings. The summed E-state index contributed by atoms with van der Waals surface area (Å²) in [6, 6.07) is 3.53. The van der Waals surface area contributed by atoms with Gasteiger partial charge < -0.3 is 10.0 Å². The molecule has 2 atom stereocenters. The zero-order valence-corrected chi connectivity index (χ0v) is 7.88. The number of rotatable bonds is 4.